The zero-order valence-corrected chi connectivity index (χ0v) is 11.3. The molecule has 0 radical (unpaired) electrons. The van der Waals surface area contributed by atoms with Crippen LogP contribution in [0.5, 0.6) is 0 Å². The van der Waals surface area contributed by atoms with Crippen molar-refractivity contribution in [2.75, 3.05) is 39.5 Å². The van der Waals surface area contributed by atoms with Gasteiger partial charge in [0.1, 0.15) is 0 Å². The molecule has 19 heavy (non-hydrogen) atoms. The van der Waals surface area contributed by atoms with Gasteiger partial charge in [0.25, 0.3) is 6.43 Å². The first-order valence-electron chi connectivity index (χ1n) is 6.61. The molecular weight excluding hydrogens is 256 g/mol. The minimum absolute atomic E-state index is 0.0832. The Morgan fingerprint density at radius 2 is 2.26 bits per heavy atom. The van der Waals surface area contributed by atoms with Crippen molar-refractivity contribution in [1.29, 1.82) is 0 Å². The van der Waals surface area contributed by atoms with Crippen molar-refractivity contribution < 1.29 is 18.6 Å². The lowest BCUT2D eigenvalue weighted by Crippen LogP contribution is -2.40. The number of ether oxygens (including phenoxy) is 1. The molecule has 1 atom stereocenters. The predicted octanol–water partition coefficient (Wildman–Crippen LogP) is 0.596. The van der Waals surface area contributed by atoms with Crippen molar-refractivity contribution in [3.05, 3.63) is 0 Å². The van der Waals surface area contributed by atoms with Crippen LogP contribution < -0.4 is 10.6 Å². The van der Waals surface area contributed by atoms with Gasteiger partial charge in [0, 0.05) is 25.2 Å². The summed E-state index contributed by atoms with van der Waals surface area (Å²) in [5, 5.41) is 14.6. The molecule has 0 aromatic heterocycles. The minimum atomic E-state index is -2.41. The van der Waals surface area contributed by atoms with Gasteiger partial charge in [0.15, 0.2) is 5.96 Å². The van der Waals surface area contributed by atoms with E-state index in [2.05, 4.69) is 15.6 Å². The molecule has 0 aromatic carbocycles. The van der Waals surface area contributed by atoms with E-state index in [-0.39, 0.29) is 12.0 Å². The van der Waals surface area contributed by atoms with Crippen molar-refractivity contribution in [2.24, 2.45) is 10.4 Å². The van der Waals surface area contributed by atoms with Crippen molar-refractivity contribution in [1.82, 2.24) is 10.6 Å². The lowest BCUT2D eigenvalue weighted by Gasteiger charge is -2.24. The van der Waals surface area contributed by atoms with Crippen molar-refractivity contribution >= 4 is 5.96 Å². The number of rotatable bonds is 7. The van der Waals surface area contributed by atoms with Gasteiger partial charge < -0.3 is 20.5 Å². The first-order valence-corrected chi connectivity index (χ1v) is 6.61. The van der Waals surface area contributed by atoms with Crippen LogP contribution in [-0.4, -0.2) is 56.9 Å². The second-order valence-corrected chi connectivity index (χ2v) is 4.74. The molecule has 7 heteroatoms. The third kappa shape index (κ3) is 5.69. The van der Waals surface area contributed by atoms with E-state index in [1.165, 1.54) is 0 Å². The Balaban J connectivity index is 2.56. The van der Waals surface area contributed by atoms with Gasteiger partial charge in [0.2, 0.25) is 0 Å². The Hall–Kier alpha value is -0.950. The first kappa shape index (κ1) is 16.1. The smallest absolute Gasteiger partial charge is 0.255 e. The van der Waals surface area contributed by atoms with Gasteiger partial charge >= 0.3 is 0 Å². The zero-order chi connectivity index (χ0) is 14.1. The molecule has 112 valence electrons. The SMILES string of the molecule is CCNC(=NCC1(CCO)CCOC1)NCC(F)F. The van der Waals surface area contributed by atoms with E-state index in [0.29, 0.717) is 38.7 Å². The summed E-state index contributed by atoms with van der Waals surface area (Å²) < 4.78 is 29.7. The van der Waals surface area contributed by atoms with Gasteiger partial charge in [-0.1, -0.05) is 0 Å². The van der Waals surface area contributed by atoms with Crippen LogP contribution in [0.25, 0.3) is 0 Å². The minimum Gasteiger partial charge on any atom is -0.396 e. The van der Waals surface area contributed by atoms with E-state index in [1.807, 2.05) is 6.92 Å². The van der Waals surface area contributed by atoms with Crippen molar-refractivity contribution in [2.45, 2.75) is 26.2 Å². The second-order valence-electron chi connectivity index (χ2n) is 4.74. The third-order valence-electron chi connectivity index (χ3n) is 3.17. The Kier molecular flexibility index (Phi) is 7.01. The summed E-state index contributed by atoms with van der Waals surface area (Å²) in [5.74, 6) is 0.381. The number of hydrogen-bond acceptors (Lipinski definition) is 3. The fraction of sp³-hybridized carbons (Fsp3) is 0.917. The number of aliphatic imine (C=N–C) groups is 1. The molecule has 1 saturated heterocycles. The van der Waals surface area contributed by atoms with Gasteiger partial charge in [-0.25, -0.2) is 8.78 Å². The quantitative estimate of drug-likeness (QED) is 0.471. The molecule has 1 unspecified atom stereocenters. The molecule has 0 bridgehead atoms. The number of halogens is 2. The van der Waals surface area contributed by atoms with Crippen LogP contribution in [-0.2, 0) is 4.74 Å². The normalized spacial score (nSPS) is 23.9. The number of aliphatic hydroxyl groups is 1. The summed E-state index contributed by atoms with van der Waals surface area (Å²) in [5.41, 5.74) is -0.165. The van der Waals surface area contributed by atoms with Crippen molar-refractivity contribution in [3.63, 3.8) is 0 Å². The zero-order valence-electron chi connectivity index (χ0n) is 11.3. The van der Waals surface area contributed by atoms with Gasteiger partial charge in [-0.2, -0.15) is 0 Å². The molecule has 0 amide bonds. The average molecular weight is 279 g/mol. The molecule has 1 rings (SSSR count). The molecule has 3 N–H and O–H groups in total. The molecule has 0 aliphatic carbocycles. The van der Waals surface area contributed by atoms with E-state index in [1.54, 1.807) is 0 Å². The predicted molar refractivity (Wildman–Crippen MR) is 69.6 cm³/mol. The lowest BCUT2D eigenvalue weighted by molar-refractivity contribution is 0.131. The third-order valence-corrected chi connectivity index (χ3v) is 3.17. The number of nitrogens with one attached hydrogen (secondary N) is 2. The standard InChI is InChI=1S/C12H23F2N3O2/c1-2-15-11(16-7-10(13)14)17-8-12(3-5-18)4-6-19-9-12/h10,18H,2-9H2,1H3,(H2,15,16,17). The summed E-state index contributed by atoms with van der Waals surface area (Å²) in [6, 6.07) is 0. The average Bonchev–Trinajstić information content (AvgIpc) is 2.82. The number of hydrogen-bond donors (Lipinski definition) is 3. The number of nitrogens with zero attached hydrogens (tertiary/aromatic N) is 1. The van der Waals surface area contributed by atoms with E-state index in [0.717, 1.165) is 6.42 Å². The Morgan fingerprint density at radius 1 is 1.47 bits per heavy atom. The number of alkyl halides is 2. The van der Waals surface area contributed by atoms with Gasteiger partial charge in [-0.3, -0.25) is 4.99 Å². The summed E-state index contributed by atoms with van der Waals surface area (Å²) >= 11 is 0. The van der Waals surface area contributed by atoms with E-state index in [9.17, 15) is 8.78 Å². The molecule has 0 spiro atoms. The molecular formula is C12H23F2N3O2. The Labute approximate surface area is 112 Å². The highest BCUT2D eigenvalue weighted by atomic mass is 19.3. The van der Waals surface area contributed by atoms with Gasteiger partial charge in [0.05, 0.1) is 19.7 Å². The highest BCUT2D eigenvalue weighted by molar-refractivity contribution is 5.79. The molecule has 1 aliphatic rings. The van der Waals surface area contributed by atoms with Crippen LogP contribution in [0.3, 0.4) is 0 Å². The molecule has 1 heterocycles. The highest BCUT2D eigenvalue weighted by Crippen LogP contribution is 2.32. The molecule has 1 aliphatic heterocycles. The van der Waals surface area contributed by atoms with Crippen LogP contribution in [0, 0.1) is 5.41 Å². The first-order chi connectivity index (χ1) is 9.12. The van der Waals surface area contributed by atoms with E-state index < -0.39 is 13.0 Å². The largest absolute Gasteiger partial charge is 0.396 e. The Morgan fingerprint density at radius 3 is 2.79 bits per heavy atom. The molecule has 1 fully saturated rings. The van der Waals surface area contributed by atoms with Crippen LogP contribution in [0.2, 0.25) is 0 Å². The molecule has 0 saturated carbocycles. The summed E-state index contributed by atoms with van der Waals surface area (Å²) in [6.07, 6.45) is -0.958. The fourth-order valence-electron chi connectivity index (χ4n) is 2.05. The second kappa shape index (κ2) is 8.27. The van der Waals surface area contributed by atoms with Gasteiger partial charge in [-0.05, 0) is 19.8 Å². The fourth-order valence-corrected chi connectivity index (χ4v) is 2.05. The highest BCUT2D eigenvalue weighted by Gasteiger charge is 2.34. The summed E-state index contributed by atoms with van der Waals surface area (Å²) in [4.78, 5) is 4.33. The van der Waals surface area contributed by atoms with Crippen LogP contribution in [0.1, 0.15) is 19.8 Å². The summed E-state index contributed by atoms with van der Waals surface area (Å²) in [6.45, 7) is 3.84. The maximum atomic E-state index is 12.2. The maximum absolute atomic E-state index is 12.2. The lowest BCUT2D eigenvalue weighted by atomic mass is 9.84. The number of guanidine groups is 1. The monoisotopic (exact) mass is 279 g/mol. The van der Waals surface area contributed by atoms with E-state index in [4.69, 9.17) is 9.84 Å². The summed E-state index contributed by atoms with van der Waals surface area (Å²) in [7, 11) is 0. The van der Waals surface area contributed by atoms with Crippen LogP contribution in [0.15, 0.2) is 4.99 Å². The molecule has 5 nitrogen and oxygen atoms in total. The Bertz CT molecular complexity index is 282. The number of aliphatic hydroxyl groups excluding tert-OH is 1. The van der Waals surface area contributed by atoms with Gasteiger partial charge in [-0.15, -0.1) is 0 Å². The van der Waals surface area contributed by atoms with E-state index >= 15 is 0 Å². The van der Waals surface area contributed by atoms with Crippen LogP contribution >= 0.6 is 0 Å². The molecule has 0 aromatic rings. The topological polar surface area (TPSA) is 65.9 Å². The van der Waals surface area contributed by atoms with Crippen LogP contribution in [0.4, 0.5) is 8.78 Å². The maximum Gasteiger partial charge on any atom is 0.255 e. The van der Waals surface area contributed by atoms with Crippen molar-refractivity contribution in [3.8, 4) is 0 Å².